The number of thioether (sulfide) groups is 1. The first-order chi connectivity index (χ1) is 40.2. The van der Waals surface area contributed by atoms with Crippen molar-refractivity contribution in [2.75, 3.05) is 57.9 Å². The minimum absolute atomic E-state index is 0.0653. The predicted octanol–water partition coefficient (Wildman–Crippen LogP) is -4.39. The highest BCUT2D eigenvalue weighted by molar-refractivity contribution is 7.98. The van der Waals surface area contributed by atoms with E-state index in [1.807, 2.05) is 0 Å². The number of carbonyl (C=O) groups excluding carboxylic acids is 12. The van der Waals surface area contributed by atoms with Crippen LogP contribution in [0, 0.1) is 11.8 Å². The number of β-amino-alcohol motifs (C(OH)–C–C–N with tert-alkyl or cyclic N) is 1. The van der Waals surface area contributed by atoms with Crippen molar-refractivity contribution < 1.29 is 81.8 Å². The number of aromatic amines is 1. The van der Waals surface area contributed by atoms with E-state index in [1.54, 1.807) is 26.0 Å². The summed E-state index contributed by atoms with van der Waals surface area (Å²) in [6, 6.07) is -3.64. The van der Waals surface area contributed by atoms with Crippen molar-refractivity contribution in [1.29, 1.82) is 0 Å². The number of ether oxygens (including phenoxy) is 1. The fourth-order valence-corrected chi connectivity index (χ4v) is 13.0. The second-order valence-electron chi connectivity index (χ2n) is 22.0. The van der Waals surface area contributed by atoms with Gasteiger partial charge >= 0.3 is 0 Å². The Kier molecular flexibility index (Phi) is 22.8. The molecule has 11 atom stereocenters. The van der Waals surface area contributed by atoms with E-state index < -0.39 is 186 Å². The summed E-state index contributed by atoms with van der Waals surface area (Å²) in [6.07, 6.45) is -1.38. The minimum Gasteiger partial charge on any atom is -0.496 e. The molecular formula is C54H76N12O17S2. The predicted molar refractivity (Wildman–Crippen MR) is 305 cm³/mol. The van der Waals surface area contributed by atoms with Crippen LogP contribution < -0.4 is 53.0 Å². The average Bonchev–Trinajstić information content (AvgIpc) is 1.94. The van der Waals surface area contributed by atoms with E-state index in [0.29, 0.717) is 53.8 Å². The van der Waals surface area contributed by atoms with Crippen LogP contribution in [-0.4, -0.2) is 211 Å². The number of hydrogen-bond donors (Lipinski definition) is 13. The number of nitrogens with two attached hydrogens (primary N) is 1. The number of aromatic nitrogens is 1. The Labute approximate surface area is 496 Å². The second-order valence-corrected chi connectivity index (χ2v) is 24.5. The van der Waals surface area contributed by atoms with Crippen molar-refractivity contribution in [3.63, 3.8) is 0 Å². The van der Waals surface area contributed by atoms with Gasteiger partial charge < -0.3 is 78.2 Å². The molecule has 6 rings (SSSR count). The summed E-state index contributed by atoms with van der Waals surface area (Å²) in [7, 11) is -1.08. The fraction of sp³-hybridized carbons (Fsp3) is 0.593. The molecule has 0 saturated carbocycles. The number of carbonyl (C=O) groups is 12. The van der Waals surface area contributed by atoms with Crippen LogP contribution in [0.3, 0.4) is 0 Å². The zero-order valence-corrected chi connectivity index (χ0v) is 49.7. The number of nitrogens with one attached hydrogen (secondary N) is 9. The summed E-state index contributed by atoms with van der Waals surface area (Å²) < 4.78 is 21.3. The van der Waals surface area contributed by atoms with Gasteiger partial charge in [-0.2, -0.15) is 11.8 Å². The second kappa shape index (κ2) is 29.1. The highest BCUT2D eigenvalue weighted by atomic mass is 32.2. The third kappa shape index (κ3) is 16.1. The fourth-order valence-electron chi connectivity index (χ4n) is 10.4. The van der Waals surface area contributed by atoms with Crippen LogP contribution in [0.5, 0.6) is 5.75 Å². The van der Waals surface area contributed by atoms with Crippen LogP contribution in [0.1, 0.15) is 84.3 Å². The summed E-state index contributed by atoms with van der Waals surface area (Å²) in [5, 5.41) is 52.8. The largest absolute Gasteiger partial charge is 0.496 e. The van der Waals surface area contributed by atoms with Crippen LogP contribution in [0.4, 0.5) is 0 Å². The number of unbranched alkanes of at least 4 members (excludes halogenated alkanes) is 1. The first-order valence-electron chi connectivity index (χ1n) is 27.8. The van der Waals surface area contributed by atoms with Crippen molar-refractivity contribution in [2.45, 2.75) is 138 Å². The maximum Gasteiger partial charge on any atom is 0.253 e. The average molecular weight is 1230 g/mol. The lowest BCUT2D eigenvalue weighted by molar-refractivity contribution is -0.149. The number of rotatable bonds is 18. The van der Waals surface area contributed by atoms with Crippen molar-refractivity contribution >= 4 is 104 Å². The molecule has 31 heteroatoms. The molecule has 2 bridgehead atoms. The Morgan fingerprint density at radius 1 is 0.906 bits per heavy atom. The number of nitrogens with zero attached hydrogens (tertiary/aromatic N) is 2. The van der Waals surface area contributed by atoms with E-state index in [-0.39, 0.29) is 35.2 Å². The van der Waals surface area contributed by atoms with Crippen LogP contribution in [0.15, 0.2) is 29.3 Å². The van der Waals surface area contributed by atoms with Gasteiger partial charge in [-0.05, 0) is 56.1 Å². The summed E-state index contributed by atoms with van der Waals surface area (Å²) >= 11 is 1.45. The van der Waals surface area contributed by atoms with Crippen molar-refractivity contribution in [1.82, 2.24) is 57.3 Å². The van der Waals surface area contributed by atoms with Crippen LogP contribution in [-0.2, 0) is 80.5 Å². The number of fused-ring (bicyclic) bond motifs is 5. The molecule has 1 unspecified atom stereocenters. The first kappa shape index (κ1) is 66.7. The van der Waals surface area contributed by atoms with Crippen LogP contribution >= 0.6 is 11.8 Å². The number of H-pyrrole nitrogens is 1. The zero-order chi connectivity index (χ0) is 62.7. The van der Waals surface area contributed by atoms with E-state index >= 15 is 9.00 Å². The Bertz CT molecular complexity index is 2990. The molecule has 466 valence electrons. The number of aliphatic hydroxyl groups is 3. The van der Waals surface area contributed by atoms with Gasteiger partial charge in [0.2, 0.25) is 59.1 Å². The molecule has 14 N–H and O–H groups in total. The lowest BCUT2D eigenvalue weighted by Crippen LogP contribution is -2.67. The molecular weight excluding hydrogens is 1150 g/mol. The highest BCUT2D eigenvalue weighted by Crippen LogP contribution is 2.37. The standard InChI is InChI=1S/C54H76N12O17S2/c1-7-27(2)43-47(77)58-22-40(73)64-53(4)26-85(82)49-31(30-10-11-36(83-6)32(45(30)62-49)25-84-17-9-8-15-56-38(71)14-16-65-41(74)12-13-42(65)75)18-33(46(76)57-21-39(72)61-43)59-48(78)44(28(3)35(69)24-67)63-52(81)54(5)20-29(68)23-66(54)50(79)34(19-37(55)70)60-51(53)80/h10-13,27-29,33-35,43-44,62,67-69H,7-9,14-26H2,1-6H3,(H2,55,70)(H,56,71)(H,57,76)(H,58,77)(H,59,78)(H,60,80)(H,61,72)(H,63,81)(H,64,73)/t27-,28-,29+,33-,34-,35-,43+,44-,53-,54+,85?/m0/s1. The minimum atomic E-state index is -2.50. The SMILES string of the molecule is CC[C@H](C)[C@H]1NC(=O)CNC(=O)[C@@H]2Cc3c([nH]c4c(CSCCCCNC(=O)CCN5C(=O)C=CC5=O)c(OC)ccc34)S(=O)C[C@](C)(NC(=O)CNC1=O)C(=O)N[C@@H](CC(N)=O)C(=O)N1C[C@H](O)C[C@]1(C)C(=O)N[C@@H]([C@@H](C)[C@@H](O)CO)C(=O)N2. The smallest absolute Gasteiger partial charge is 0.253 e. The highest BCUT2D eigenvalue weighted by Gasteiger charge is 2.53. The summed E-state index contributed by atoms with van der Waals surface area (Å²) in [6.45, 7) is 4.22. The van der Waals surface area contributed by atoms with Crippen LogP contribution in [0.2, 0.25) is 0 Å². The third-order valence-electron chi connectivity index (χ3n) is 15.6. The van der Waals surface area contributed by atoms with Crippen LogP contribution in [0.25, 0.3) is 10.9 Å². The Morgan fingerprint density at radius 2 is 1.59 bits per heavy atom. The molecule has 2 aromatic rings. The molecule has 1 saturated heterocycles. The Hall–Kier alpha value is -7.48. The molecule has 4 aliphatic rings. The quantitative estimate of drug-likeness (QED) is 0.0495. The van der Waals surface area contributed by atoms with Gasteiger partial charge in [0.15, 0.2) is 0 Å². The lowest BCUT2D eigenvalue weighted by atomic mass is 9.91. The van der Waals surface area contributed by atoms with Gasteiger partial charge in [-0.15, -0.1) is 0 Å². The number of aliphatic hydroxyl groups excluding tert-OH is 3. The molecule has 29 nitrogen and oxygen atoms in total. The Morgan fingerprint density at radius 3 is 2.25 bits per heavy atom. The monoisotopic (exact) mass is 1230 g/mol. The maximum absolute atomic E-state index is 15.5. The number of hydrogen-bond acceptors (Lipinski definition) is 18. The Balaban J connectivity index is 1.48. The number of benzene rings is 1. The molecule has 0 radical (unpaired) electrons. The molecule has 4 aliphatic heterocycles. The number of methoxy groups -OCH3 is 1. The van der Waals surface area contributed by atoms with E-state index in [4.69, 9.17) is 10.5 Å². The van der Waals surface area contributed by atoms with Gasteiger partial charge in [0.05, 0.1) is 67.5 Å². The topological polar surface area (TPSA) is 436 Å². The van der Waals surface area contributed by atoms with Gasteiger partial charge in [0.1, 0.15) is 46.0 Å². The summed E-state index contributed by atoms with van der Waals surface area (Å²) in [4.78, 5) is 170. The third-order valence-corrected chi connectivity index (χ3v) is 18.3. The maximum atomic E-state index is 15.5. The molecule has 5 heterocycles. The molecule has 1 aromatic heterocycles. The molecule has 1 fully saturated rings. The van der Waals surface area contributed by atoms with Crippen molar-refractivity contribution in [3.05, 3.63) is 35.4 Å². The molecule has 0 spiro atoms. The number of primary amides is 1. The molecule has 1 aromatic carbocycles. The van der Waals surface area contributed by atoms with Gasteiger partial charge in [0, 0.05) is 73.7 Å². The van der Waals surface area contributed by atoms with E-state index in [2.05, 4.69) is 47.5 Å². The van der Waals surface area contributed by atoms with Gasteiger partial charge in [-0.25, -0.2) is 0 Å². The summed E-state index contributed by atoms with van der Waals surface area (Å²) in [5.74, 6) is -12.4. The normalized spacial score (nSPS) is 26.9. The van der Waals surface area contributed by atoms with Crippen molar-refractivity contribution in [2.24, 2.45) is 17.6 Å². The lowest BCUT2D eigenvalue weighted by Gasteiger charge is -2.38. The summed E-state index contributed by atoms with van der Waals surface area (Å²) in [5.41, 5.74) is 2.12. The van der Waals surface area contributed by atoms with Gasteiger partial charge in [-0.1, -0.05) is 27.2 Å². The number of imide groups is 1. The zero-order valence-electron chi connectivity index (χ0n) is 48.1. The first-order valence-corrected chi connectivity index (χ1v) is 30.3. The van der Waals surface area contributed by atoms with E-state index in [1.165, 1.54) is 32.7 Å². The molecule has 0 aliphatic carbocycles. The van der Waals surface area contributed by atoms with E-state index in [9.17, 15) is 68.1 Å². The van der Waals surface area contributed by atoms with E-state index in [0.717, 1.165) is 28.9 Å². The molecule has 85 heavy (non-hydrogen) atoms. The number of amides is 12. The van der Waals surface area contributed by atoms with Gasteiger partial charge in [0.25, 0.3) is 11.8 Å². The molecule has 12 amide bonds. The van der Waals surface area contributed by atoms with Gasteiger partial charge in [-0.3, -0.25) is 66.6 Å². The van der Waals surface area contributed by atoms with Crippen molar-refractivity contribution in [3.8, 4) is 5.75 Å².